The van der Waals surface area contributed by atoms with Crippen molar-refractivity contribution in [2.45, 2.75) is 36.9 Å². The second-order valence-electron chi connectivity index (χ2n) is 7.46. The number of carbonyl (C=O) groups is 1. The van der Waals surface area contributed by atoms with Gasteiger partial charge in [0.15, 0.2) is 0 Å². The van der Waals surface area contributed by atoms with Crippen molar-refractivity contribution in [1.29, 1.82) is 0 Å². The summed E-state index contributed by atoms with van der Waals surface area (Å²) < 4.78 is 64.4. The number of fused-ring (bicyclic) bond motifs is 1. The zero-order chi connectivity index (χ0) is 21.2. The van der Waals surface area contributed by atoms with Gasteiger partial charge in [-0.15, -0.1) is 11.3 Å². The Hall–Kier alpha value is -1.21. The van der Waals surface area contributed by atoms with Crippen molar-refractivity contribution in [2.75, 3.05) is 26.2 Å². The number of rotatable bonds is 6. The van der Waals surface area contributed by atoms with Crippen LogP contribution in [0.3, 0.4) is 0 Å². The molecule has 0 amide bonds. The lowest BCUT2D eigenvalue weighted by atomic mass is 9.93. The minimum Gasteiger partial charge on any atom is -0.475 e. The number of likely N-dealkylation sites (tertiary alicyclic amines) is 1. The molecular formula is C17H23F3N2O5S2. The Bertz CT molecular complexity index is 796. The molecule has 3 atom stereocenters. The van der Waals surface area contributed by atoms with Crippen molar-refractivity contribution in [3.63, 3.8) is 0 Å². The third-order valence-electron chi connectivity index (χ3n) is 5.23. The van der Waals surface area contributed by atoms with E-state index >= 15 is 0 Å². The van der Waals surface area contributed by atoms with E-state index in [9.17, 15) is 21.6 Å². The molecule has 1 saturated carbocycles. The Morgan fingerprint density at radius 3 is 2.59 bits per heavy atom. The van der Waals surface area contributed by atoms with Crippen molar-refractivity contribution in [2.24, 2.45) is 11.8 Å². The number of ether oxygens (including phenoxy) is 1. The number of nitrogens with zero attached hydrogens (tertiary/aromatic N) is 1. The van der Waals surface area contributed by atoms with Gasteiger partial charge in [0.1, 0.15) is 0 Å². The predicted octanol–water partition coefficient (Wildman–Crippen LogP) is 1.91. The van der Waals surface area contributed by atoms with E-state index in [1.54, 1.807) is 11.3 Å². The van der Waals surface area contributed by atoms with Crippen molar-refractivity contribution in [1.82, 2.24) is 9.62 Å². The molecule has 1 aromatic rings. The minimum absolute atomic E-state index is 0.135. The fourth-order valence-corrected chi connectivity index (χ4v) is 5.75. The molecule has 7 nitrogen and oxygen atoms in total. The van der Waals surface area contributed by atoms with Crippen LogP contribution in [0.15, 0.2) is 17.5 Å². The molecule has 0 bridgehead atoms. The summed E-state index contributed by atoms with van der Waals surface area (Å²) in [6, 6.07) is 4.25. The van der Waals surface area contributed by atoms with Crippen LogP contribution in [0.2, 0.25) is 0 Å². The first-order valence-electron chi connectivity index (χ1n) is 9.21. The normalized spacial score (nSPS) is 27.3. The van der Waals surface area contributed by atoms with Gasteiger partial charge in [0.05, 0.1) is 18.0 Å². The lowest BCUT2D eigenvalue weighted by Crippen LogP contribution is -2.35. The maximum Gasteiger partial charge on any atom is 0.490 e. The van der Waals surface area contributed by atoms with E-state index in [1.165, 1.54) is 4.88 Å². The van der Waals surface area contributed by atoms with E-state index in [1.807, 2.05) is 0 Å². The van der Waals surface area contributed by atoms with Gasteiger partial charge in [-0.1, -0.05) is 6.07 Å². The standard InChI is InChI=1S/C15H22N2O3S2.C2HF3O2/c18-22(19,13-3-4-13)16-6-11-10-20-15-9-17(8-14(11)15)7-12-2-1-5-21-12;3-2(4,5)1(6)7/h1-2,5,11,13-16H,3-4,6-10H2;(H,6,7)/t11-,14-,15-;/m1./s1. The van der Waals surface area contributed by atoms with Crippen molar-refractivity contribution < 1.29 is 36.2 Å². The molecule has 3 heterocycles. The average molecular weight is 457 g/mol. The Balaban J connectivity index is 0.000000298. The van der Waals surface area contributed by atoms with E-state index in [0.29, 0.717) is 25.0 Å². The quantitative estimate of drug-likeness (QED) is 0.679. The van der Waals surface area contributed by atoms with E-state index < -0.39 is 22.2 Å². The Labute approximate surface area is 170 Å². The van der Waals surface area contributed by atoms with E-state index in [0.717, 1.165) is 32.5 Å². The number of carboxylic acid groups (broad SMARTS) is 1. The van der Waals surface area contributed by atoms with Crippen LogP contribution in [0.4, 0.5) is 13.2 Å². The molecule has 164 valence electrons. The highest BCUT2D eigenvalue weighted by molar-refractivity contribution is 7.90. The highest BCUT2D eigenvalue weighted by Gasteiger charge is 2.44. The average Bonchev–Trinajstić information content (AvgIpc) is 3.06. The Morgan fingerprint density at radius 1 is 1.34 bits per heavy atom. The number of hydrogen-bond donors (Lipinski definition) is 2. The zero-order valence-corrected chi connectivity index (χ0v) is 17.1. The van der Waals surface area contributed by atoms with Gasteiger partial charge in [0.2, 0.25) is 10.0 Å². The van der Waals surface area contributed by atoms with Crippen LogP contribution < -0.4 is 4.72 Å². The van der Waals surface area contributed by atoms with Gasteiger partial charge in [0, 0.05) is 42.9 Å². The molecule has 1 aliphatic carbocycles. The van der Waals surface area contributed by atoms with Crippen LogP contribution in [0, 0.1) is 11.8 Å². The molecule has 3 fully saturated rings. The molecule has 1 aromatic heterocycles. The SMILES string of the molecule is O=C(O)C(F)(F)F.O=S(=O)(NC[C@@H]1CO[C@@H]2CN(Cc3cccs3)C[C@H]12)C1CC1. The summed E-state index contributed by atoms with van der Waals surface area (Å²) >= 11 is 1.79. The number of sulfonamides is 1. The fraction of sp³-hybridized carbons (Fsp3) is 0.706. The molecule has 2 N–H and O–H groups in total. The monoisotopic (exact) mass is 456 g/mol. The molecule has 0 unspecified atom stereocenters. The van der Waals surface area contributed by atoms with Crippen LogP contribution in [0.25, 0.3) is 0 Å². The molecule has 3 aliphatic rings. The summed E-state index contributed by atoms with van der Waals surface area (Å²) in [5.41, 5.74) is 0. The highest BCUT2D eigenvalue weighted by Crippen LogP contribution is 2.35. The Kier molecular flexibility index (Phi) is 6.88. The topological polar surface area (TPSA) is 95.9 Å². The minimum atomic E-state index is -5.08. The van der Waals surface area contributed by atoms with Crippen LogP contribution in [-0.4, -0.2) is 68.2 Å². The smallest absolute Gasteiger partial charge is 0.475 e. The van der Waals surface area contributed by atoms with Gasteiger partial charge >= 0.3 is 12.1 Å². The molecule has 12 heteroatoms. The summed E-state index contributed by atoms with van der Waals surface area (Å²) in [6.07, 6.45) is -3.18. The second kappa shape index (κ2) is 8.88. The van der Waals surface area contributed by atoms with Crippen molar-refractivity contribution in [3.8, 4) is 0 Å². The van der Waals surface area contributed by atoms with Crippen LogP contribution in [0.1, 0.15) is 17.7 Å². The molecule has 4 rings (SSSR count). The number of carboxylic acids is 1. The maximum atomic E-state index is 12.0. The van der Waals surface area contributed by atoms with Gasteiger partial charge < -0.3 is 9.84 Å². The first-order valence-corrected chi connectivity index (χ1v) is 11.6. The van der Waals surface area contributed by atoms with Gasteiger partial charge in [-0.2, -0.15) is 13.2 Å². The third kappa shape index (κ3) is 6.14. The fourth-order valence-electron chi connectivity index (χ4n) is 3.56. The molecule has 0 spiro atoms. The molecule has 2 aliphatic heterocycles. The number of alkyl halides is 3. The predicted molar refractivity (Wildman–Crippen MR) is 100.0 cm³/mol. The van der Waals surface area contributed by atoms with E-state index in [2.05, 4.69) is 27.1 Å². The van der Waals surface area contributed by atoms with E-state index in [-0.39, 0.29) is 11.4 Å². The van der Waals surface area contributed by atoms with Crippen LogP contribution in [0.5, 0.6) is 0 Å². The van der Waals surface area contributed by atoms with Gasteiger partial charge in [-0.3, -0.25) is 4.90 Å². The summed E-state index contributed by atoms with van der Waals surface area (Å²) in [5.74, 6) is -1.98. The largest absolute Gasteiger partial charge is 0.490 e. The van der Waals surface area contributed by atoms with Gasteiger partial charge in [0.25, 0.3) is 0 Å². The number of thiophene rings is 1. The van der Waals surface area contributed by atoms with Crippen LogP contribution in [-0.2, 0) is 26.1 Å². The lowest BCUT2D eigenvalue weighted by Gasteiger charge is -2.19. The molecule has 0 radical (unpaired) electrons. The highest BCUT2D eigenvalue weighted by atomic mass is 32.2. The molecule has 29 heavy (non-hydrogen) atoms. The first kappa shape index (κ1) is 22.5. The first-order chi connectivity index (χ1) is 13.6. The maximum absolute atomic E-state index is 12.0. The summed E-state index contributed by atoms with van der Waals surface area (Å²) in [7, 11) is -3.08. The Morgan fingerprint density at radius 2 is 2.03 bits per heavy atom. The molecule has 2 saturated heterocycles. The third-order valence-corrected chi connectivity index (χ3v) is 8.01. The number of halogens is 3. The molecular weight excluding hydrogens is 433 g/mol. The van der Waals surface area contributed by atoms with Crippen molar-refractivity contribution in [3.05, 3.63) is 22.4 Å². The van der Waals surface area contributed by atoms with Gasteiger partial charge in [-0.05, 0) is 24.3 Å². The second-order valence-corrected chi connectivity index (χ2v) is 10.5. The summed E-state index contributed by atoms with van der Waals surface area (Å²) in [4.78, 5) is 12.7. The van der Waals surface area contributed by atoms with Gasteiger partial charge in [-0.25, -0.2) is 17.9 Å². The summed E-state index contributed by atoms with van der Waals surface area (Å²) in [6.45, 7) is 4.18. The molecule has 0 aromatic carbocycles. The number of aliphatic carboxylic acids is 1. The summed E-state index contributed by atoms with van der Waals surface area (Å²) in [5, 5.41) is 9.10. The number of nitrogens with one attached hydrogen (secondary N) is 1. The number of hydrogen-bond acceptors (Lipinski definition) is 6. The van der Waals surface area contributed by atoms with E-state index in [4.69, 9.17) is 14.6 Å². The van der Waals surface area contributed by atoms with Crippen LogP contribution >= 0.6 is 11.3 Å². The lowest BCUT2D eigenvalue weighted by molar-refractivity contribution is -0.192. The zero-order valence-electron chi connectivity index (χ0n) is 15.5. The van der Waals surface area contributed by atoms with Crippen molar-refractivity contribution >= 4 is 27.3 Å².